The van der Waals surface area contributed by atoms with Crippen molar-refractivity contribution >= 4 is 11.8 Å². The molecule has 1 aliphatic carbocycles. The highest BCUT2D eigenvalue weighted by molar-refractivity contribution is 5.87. The molecule has 2 unspecified atom stereocenters. The summed E-state index contributed by atoms with van der Waals surface area (Å²) in [5.74, 6) is 0.490. The molecule has 6 heteroatoms. The average molecular weight is 291 g/mol. The van der Waals surface area contributed by atoms with Gasteiger partial charge in [0.25, 0.3) is 0 Å². The molecule has 2 atom stereocenters. The molecule has 2 aliphatic rings. The molecule has 2 fully saturated rings. The second kappa shape index (κ2) is 5.60. The summed E-state index contributed by atoms with van der Waals surface area (Å²) in [5, 5.41) is 10.7. The van der Waals surface area contributed by atoms with Crippen molar-refractivity contribution in [2.24, 2.45) is 5.92 Å². The third-order valence-corrected chi connectivity index (χ3v) is 4.77. The van der Waals surface area contributed by atoms with Gasteiger partial charge in [-0.3, -0.25) is 4.98 Å². The van der Waals surface area contributed by atoms with Crippen molar-refractivity contribution in [1.29, 1.82) is 0 Å². The summed E-state index contributed by atoms with van der Waals surface area (Å²) in [4.78, 5) is 22.1. The summed E-state index contributed by atoms with van der Waals surface area (Å²) in [6.07, 6.45) is 8.08. The molecule has 114 valence electrons. The number of anilines is 1. The number of ether oxygens (including phenoxy) is 1. The first kappa shape index (κ1) is 14.3. The number of carbonyl (C=O) groups excluding carboxylic acids is 1. The third-order valence-electron chi connectivity index (χ3n) is 4.77. The van der Waals surface area contributed by atoms with Gasteiger partial charge in [-0.2, -0.15) is 0 Å². The summed E-state index contributed by atoms with van der Waals surface area (Å²) in [7, 11) is 1.33. The molecule has 0 bridgehead atoms. The summed E-state index contributed by atoms with van der Waals surface area (Å²) < 4.78 is 4.68. The van der Waals surface area contributed by atoms with Crippen molar-refractivity contribution < 1.29 is 14.6 Å². The van der Waals surface area contributed by atoms with Gasteiger partial charge >= 0.3 is 5.97 Å². The molecule has 1 N–H and O–H groups in total. The Bertz CT molecular complexity index is 537. The van der Waals surface area contributed by atoms with E-state index in [1.807, 2.05) is 0 Å². The maximum atomic E-state index is 11.5. The Balaban J connectivity index is 1.77. The summed E-state index contributed by atoms with van der Waals surface area (Å²) >= 11 is 0. The molecule has 0 amide bonds. The smallest absolute Gasteiger partial charge is 0.358 e. The predicted molar refractivity (Wildman–Crippen MR) is 77.1 cm³/mol. The number of hydrogen-bond donors (Lipinski definition) is 1. The first-order valence-corrected chi connectivity index (χ1v) is 7.50. The van der Waals surface area contributed by atoms with Crippen LogP contribution < -0.4 is 4.90 Å². The van der Waals surface area contributed by atoms with Crippen molar-refractivity contribution in [3.05, 3.63) is 18.1 Å². The molecule has 0 radical (unpaired) electrons. The number of carbonyl (C=O) groups is 1. The van der Waals surface area contributed by atoms with E-state index in [0.29, 0.717) is 5.82 Å². The van der Waals surface area contributed by atoms with Crippen LogP contribution in [0, 0.1) is 5.92 Å². The number of esters is 1. The fourth-order valence-corrected chi connectivity index (χ4v) is 3.49. The largest absolute Gasteiger partial charge is 0.464 e. The van der Waals surface area contributed by atoms with Crippen LogP contribution in [0.4, 0.5) is 5.82 Å². The van der Waals surface area contributed by atoms with Crippen LogP contribution in [0.2, 0.25) is 0 Å². The maximum Gasteiger partial charge on any atom is 0.358 e. The molecule has 1 saturated heterocycles. The lowest BCUT2D eigenvalue weighted by molar-refractivity contribution is -0.0613. The Kier molecular flexibility index (Phi) is 3.80. The Morgan fingerprint density at radius 1 is 1.43 bits per heavy atom. The van der Waals surface area contributed by atoms with E-state index in [0.717, 1.165) is 38.8 Å². The standard InChI is InChI=1S/C15H21N3O3/c1-21-14(19)12-8-16-9-13(17-12)18-7-6-15(20)5-3-2-4-11(15)10-18/h8-9,11,20H,2-7,10H2,1H3. The second-order valence-electron chi connectivity index (χ2n) is 6.00. The molecular formula is C15H21N3O3. The Morgan fingerprint density at radius 3 is 3.10 bits per heavy atom. The van der Waals surface area contributed by atoms with Crippen molar-refractivity contribution in [2.45, 2.75) is 37.7 Å². The molecular weight excluding hydrogens is 270 g/mol. The van der Waals surface area contributed by atoms with Crippen LogP contribution in [0.15, 0.2) is 12.4 Å². The Labute approximate surface area is 124 Å². The van der Waals surface area contributed by atoms with Crippen LogP contribution in [-0.4, -0.2) is 46.8 Å². The molecule has 3 rings (SSSR count). The van der Waals surface area contributed by atoms with Crippen molar-refractivity contribution in [3.8, 4) is 0 Å². The molecule has 1 aromatic rings. The number of fused-ring (bicyclic) bond motifs is 1. The molecule has 1 aliphatic heterocycles. The maximum absolute atomic E-state index is 11.5. The van der Waals surface area contributed by atoms with Crippen molar-refractivity contribution in [3.63, 3.8) is 0 Å². The predicted octanol–water partition coefficient (Wildman–Crippen LogP) is 1.39. The Hall–Kier alpha value is -1.69. The van der Waals surface area contributed by atoms with E-state index in [9.17, 15) is 9.90 Å². The van der Waals surface area contributed by atoms with E-state index >= 15 is 0 Å². The van der Waals surface area contributed by atoms with Gasteiger partial charge in [-0.1, -0.05) is 12.8 Å². The van der Waals surface area contributed by atoms with Gasteiger partial charge in [0.05, 0.1) is 25.1 Å². The first-order chi connectivity index (χ1) is 10.1. The minimum absolute atomic E-state index is 0.222. The number of nitrogens with zero attached hydrogens (tertiary/aromatic N) is 3. The summed E-state index contributed by atoms with van der Waals surface area (Å²) in [6, 6.07) is 0. The van der Waals surface area contributed by atoms with E-state index in [4.69, 9.17) is 0 Å². The van der Waals surface area contributed by atoms with E-state index in [1.165, 1.54) is 19.7 Å². The normalized spacial score (nSPS) is 28.9. The minimum Gasteiger partial charge on any atom is -0.464 e. The van der Waals surface area contributed by atoms with Gasteiger partial charge in [0.1, 0.15) is 5.82 Å². The average Bonchev–Trinajstić information content (AvgIpc) is 2.53. The first-order valence-electron chi connectivity index (χ1n) is 7.50. The molecule has 1 aromatic heterocycles. The number of aromatic nitrogens is 2. The molecule has 2 heterocycles. The van der Waals surface area contributed by atoms with Gasteiger partial charge < -0.3 is 14.7 Å². The lowest BCUT2D eigenvalue weighted by Crippen LogP contribution is -2.53. The molecule has 0 aromatic carbocycles. The highest BCUT2D eigenvalue weighted by Gasteiger charge is 2.43. The number of methoxy groups -OCH3 is 1. The van der Waals surface area contributed by atoms with Gasteiger partial charge in [0.2, 0.25) is 0 Å². The zero-order valence-electron chi connectivity index (χ0n) is 12.3. The fourth-order valence-electron chi connectivity index (χ4n) is 3.49. The van der Waals surface area contributed by atoms with E-state index in [2.05, 4.69) is 19.6 Å². The van der Waals surface area contributed by atoms with Crippen LogP contribution >= 0.6 is 0 Å². The molecule has 6 nitrogen and oxygen atoms in total. The monoisotopic (exact) mass is 291 g/mol. The van der Waals surface area contributed by atoms with Crippen LogP contribution in [0.1, 0.15) is 42.6 Å². The third kappa shape index (κ3) is 2.72. The van der Waals surface area contributed by atoms with Crippen molar-refractivity contribution in [1.82, 2.24) is 9.97 Å². The second-order valence-corrected chi connectivity index (χ2v) is 6.00. The quantitative estimate of drug-likeness (QED) is 0.830. The van der Waals surface area contributed by atoms with Gasteiger partial charge in [0.15, 0.2) is 5.69 Å². The van der Waals surface area contributed by atoms with Crippen LogP contribution in [0.25, 0.3) is 0 Å². The van der Waals surface area contributed by atoms with E-state index in [-0.39, 0.29) is 11.6 Å². The fraction of sp³-hybridized carbons (Fsp3) is 0.667. The molecule has 0 spiro atoms. The van der Waals surface area contributed by atoms with E-state index < -0.39 is 11.6 Å². The Morgan fingerprint density at radius 2 is 2.29 bits per heavy atom. The topological polar surface area (TPSA) is 75.5 Å². The van der Waals surface area contributed by atoms with Crippen LogP contribution in [0.3, 0.4) is 0 Å². The number of rotatable bonds is 2. The lowest BCUT2D eigenvalue weighted by atomic mass is 9.71. The van der Waals surface area contributed by atoms with E-state index in [1.54, 1.807) is 6.20 Å². The van der Waals surface area contributed by atoms with Gasteiger partial charge in [-0.15, -0.1) is 0 Å². The summed E-state index contributed by atoms with van der Waals surface area (Å²) in [5.41, 5.74) is -0.290. The number of aliphatic hydroxyl groups is 1. The highest BCUT2D eigenvalue weighted by Crippen LogP contribution is 2.40. The van der Waals surface area contributed by atoms with Gasteiger partial charge in [0, 0.05) is 19.0 Å². The molecule has 1 saturated carbocycles. The SMILES string of the molecule is COC(=O)c1cncc(N2CCC3(O)CCCCC3C2)n1. The number of hydrogen-bond acceptors (Lipinski definition) is 6. The number of piperidine rings is 1. The van der Waals surface area contributed by atoms with Gasteiger partial charge in [-0.05, 0) is 19.3 Å². The van der Waals surface area contributed by atoms with Gasteiger partial charge in [-0.25, -0.2) is 9.78 Å². The minimum atomic E-state index is -0.512. The zero-order valence-corrected chi connectivity index (χ0v) is 12.3. The zero-order chi connectivity index (χ0) is 14.9. The molecule has 21 heavy (non-hydrogen) atoms. The lowest BCUT2D eigenvalue weighted by Gasteiger charge is -2.47. The summed E-state index contributed by atoms with van der Waals surface area (Å²) in [6.45, 7) is 1.52. The van der Waals surface area contributed by atoms with Crippen molar-refractivity contribution in [2.75, 3.05) is 25.1 Å². The highest BCUT2D eigenvalue weighted by atomic mass is 16.5. The van der Waals surface area contributed by atoms with Crippen LogP contribution in [-0.2, 0) is 4.74 Å². The van der Waals surface area contributed by atoms with Crippen LogP contribution in [0.5, 0.6) is 0 Å².